The molecule has 0 atom stereocenters. The molecule has 0 spiro atoms. The molecule has 0 aliphatic carbocycles. The van der Waals surface area contributed by atoms with E-state index in [1.54, 1.807) is 6.92 Å². The van der Waals surface area contributed by atoms with Gasteiger partial charge in [-0.15, -0.1) is 0 Å². The Hall–Kier alpha value is -2.68. The second-order valence-corrected chi connectivity index (χ2v) is 6.54. The van der Waals surface area contributed by atoms with Crippen molar-refractivity contribution in [1.82, 2.24) is 9.78 Å². The Morgan fingerprint density at radius 3 is 2.59 bits per heavy atom. The number of halogens is 5. The summed E-state index contributed by atoms with van der Waals surface area (Å²) in [7, 11) is 0. The fraction of sp³-hybridized carbons (Fsp3) is 0.111. The molecular weight excluding hydrogens is 430 g/mol. The summed E-state index contributed by atoms with van der Waals surface area (Å²) >= 11 is 3.15. The lowest BCUT2D eigenvalue weighted by Gasteiger charge is -2.10. The minimum absolute atomic E-state index is 0.184. The summed E-state index contributed by atoms with van der Waals surface area (Å²) in [4.78, 5) is 12.5. The average Bonchev–Trinajstić information content (AvgIpc) is 2.98. The van der Waals surface area contributed by atoms with E-state index in [9.17, 15) is 22.4 Å². The van der Waals surface area contributed by atoms with Crippen LogP contribution in [0.3, 0.4) is 0 Å². The molecule has 1 amide bonds. The number of nitrogens with one attached hydrogen (secondary N) is 1. The number of amides is 1. The Morgan fingerprint density at radius 1 is 1.19 bits per heavy atom. The quantitative estimate of drug-likeness (QED) is 0.556. The molecule has 1 N–H and O–H groups in total. The van der Waals surface area contributed by atoms with Gasteiger partial charge < -0.3 is 5.32 Å². The molecule has 0 saturated carbocycles. The maximum atomic E-state index is 13.1. The van der Waals surface area contributed by atoms with Gasteiger partial charge in [-0.05, 0) is 59.3 Å². The molecule has 3 rings (SSSR count). The van der Waals surface area contributed by atoms with E-state index >= 15 is 0 Å². The van der Waals surface area contributed by atoms with Gasteiger partial charge in [-0.3, -0.25) is 4.79 Å². The molecule has 27 heavy (non-hydrogen) atoms. The van der Waals surface area contributed by atoms with E-state index in [0.717, 1.165) is 12.1 Å². The van der Waals surface area contributed by atoms with E-state index in [4.69, 9.17) is 0 Å². The van der Waals surface area contributed by atoms with Crippen molar-refractivity contribution in [3.63, 3.8) is 0 Å². The highest BCUT2D eigenvalue weighted by atomic mass is 79.9. The number of hydrogen-bond donors (Lipinski definition) is 1. The molecule has 0 aliphatic rings. The third-order valence-corrected chi connectivity index (χ3v) is 4.51. The van der Waals surface area contributed by atoms with Crippen LogP contribution in [-0.4, -0.2) is 15.7 Å². The first-order valence-corrected chi connectivity index (χ1v) is 8.45. The Balaban J connectivity index is 1.90. The molecule has 0 unspecified atom stereocenters. The van der Waals surface area contributed by atoms with Gasteiger partial charge in [0.15, 0.2) is 0 Å². The molecule has 0 aliphatic heterocycles. The maximum absolute atomic E-state index is 13.1. The molecule has 0 radical (unpaired) electrons. The van der Waals surface area contributed by atoms with Crippen molar-refractivity contribution in [3.8, 4) is 5.69 Å². The zero-order valence-electron chi connectivity index (χ0n) is 13.8. The zero-order valence-corrected chi connectivity index (χ0v) is 15.4. The van der Waals surface area contributed by atoms with E-state index in [2.05, 4.69) is 26.3 Å². The summed E-state index contributed by atoms with van der Waals surface area (Å²) in [5.41, 5.74) is 0.279. The molecule has 0 fully saturated rings. The maximum Gasteiger partial charge on any atom is 0.416 e. The van der Waals surface area contributed by atoms with Crippen LogP contribution in [0.5, 0.6) is 0 Å². The van der Waals surface area contributed by atoms with Crippen LogP contribution in [-0.2, 0) is 6.18 Å². The fourth-order valence-electron chi connectivity index (χ4n) is 2.49. The fourth-order valence-corrected chi connectivity index (χ4v) is 2.94. The van der Waals surface area contributed by atoms with Gasteiger partial charge in [-0.25, -0.2) is 9.07 Å². The number of carbonyl (C=O) groups excluding carboxylic acids is 1. The molecule has 2 aromatic carbocycles. The van der Waals surface area contributed by atoms with Gasteiger partial charge >= 0.3 is 6.18 Å². The van der Waals surface area contributed by atoms with Crippen LogP contribution in [0.4, 0.5) is 23.2 Å². The van der Waals surface area contributed by atoms with Crippen molar-refractivity contribution in [2.75, 3.05) is 5.32 Å². The first kappa shape index (κ1) is 19.1. The monoisotopic (exact) mass is 441 g/mol. The Kier molecular flexibility index (Phi) is 5.05. The summed E-state index contributed by atoms with van der Waals surface area (Å²) in [5.74, 6) is -0.980. The average molecular weight is 442 g/mol. The highest BCUT2D eigenvalue weighted by Gasteiger charge is 2.30. The van der Waals surface area contributed by atoms with Crippen LogP contribution in [0.2, 0.25) is 0 Å². The highest BCUT2D eigenvalue weighted by Crippen LogP contribution is 2.30. The van der Waals surface area contributed by atoms with Crippen LogP contribution < -0.4 is 5.32 Å². The Morgan fingerprint density at radius 2 is 1.93 bits per heavy atom. The standard InChI is InChI=1S/C18H12BrF4N3O/c1-10-14(17(27)25-16-6-5-12(20)8-15(16)19)9-24-26(10)13-4-2-3-11(7-13)18(21,22)23/h2-9H,1H3,(H,25,27). The molecule has 3 aromatic rings. The number of nitrogens with zero attached hydrogens (tertiary/aromatic N) is 2. The second kappa shape index (κ2) is 7.15. The van der Waals surface area contributed by atoms with E-state index in [1.165, 1.54) is 41.2 Å². The lowest BCUT2D eigenvalue weighted by atomic mass is 10.2. The van der Waals surface area contributed by atoms with Crippen LogP contribution in [0.25, 0.3) is 5.69 Å². The van der Waals surface area contributed by atoms with Gasteiger partial charge in [0, 0.05) is 4.47 Å². The number of carbonyl (C=O) groups is 1. The number of alkyl halides is 3. The second-order valence-electron chi connectivity index (χ2n) is 5.68. The van der Waals surface area contributed by atoms with E-state index < -0.39 is 23.5 Å². The van der Waals surface area contributed by atoms with E-state index in [0.29, 0.717) is 15.9 Å². The summed E-state index contributed by atoms with van der Waals surface area (Å²) in [6.45, 7) is 1.57. The molecule has 9 heteroatoms. The molecule has 4 nitrogen and oxygen atoms in total. The first-order chi connectivity index (χ1) is 12.7. The molecule has 0 saturated heterocycles. The normalized spacial score (nSPS) is 11.5. The SMILES string of the molecule is Cc1c(C(=O)Nc2ccc(F)cc2Br)cnn1-c1cccc(C(F)(F)F)c1. The Bertz CT molecular complexity index is 1010. The van der Waals surface area contributed by atoms with Gasteiger partial charge in [0.2, 0.25) is 0 Å². The minimum atomic E-state index is -4.48. The third kappa shape index (κ3) is 4.02. The lowest BCUT2D eigenvalue weighted by molar-refractivity contribution is -0.137. The molecule has 1 aromatic heterocycles. The molecular formula is C18H12BrF4N3O. The number of hydrogen-bond acceptors (Lipinski definition) is 2. The third-order valence-electron chi connectivity index (χ3n) is 3.85. The van der Waals surface area contributed by atoms with Gasteiger partial charge in [0.25, 0.3) is 5.91 Å². The zero-order chi connectivity index (χ0) is 19.8. The van der Waals surface area contributed by atoms with Gasteiger partial charge in [0.05, 0.1) is 34.4 Å². The minimum Gasteiger partial charge on any atom is -0.321 e. The summed E-state index contributed by atoms with van der Waals surface area (Å²) in [5, 5.41) is 6.63. The highest BCUT2D eigenvalue weighted by molar-refractivity contribution is 9.10. The van der Waals surface area contributed by atoms with Crippen LogP contribution in [0.15, 0.2) is 53.1 Å². The number of anilines is 1. The number of benzene rings is 2. The first-order valence-electron chi connectivity index (χ1n) is 7.65. The van der Waals surface area contributed by atoms with Crippen molar-refractivity contribution >= 4 is 27.5 Å². The van der Waals surface area contributed by atoms with Crippen molar-refractivity contribution < 1.29 is 22.4 Å². The smallest absolute Gasteiger partial charge is 0.321 e. The van der Waals surface area contributed by atoms with Crippen molar-refractivity contribution in [2.45, 2.75) is 13.1 Å². The predicted molar refractivity (Wildman–Crippen MR) is 95.4 cm³/mol. The van der Waals surface area contributed by atoms with Crippen LogP contribution >= 0.6 is 15.9 Å². The van der Waals surface area contributed by atoms with Gasteiger partial charge in [-0.2, -0.15) is 18.3 Å². The number of rotatable bonds is 3. The summed E-state index contributed by atoms with van der Waals surface area (Å²) in [6, 6.07) is 8.44. The number of aromatic nitrogens is 2. The molecule has 140 valence electrons. The summed E-state index contributed by atoms with van der Waals surface area (Å²) in [6.07, 6.45) is -3.21. The summed E-state index contributed by atoms with van der Waals surface area (Å²) < 4.78 is 53.5. The van der Waals surface area contributed by atoms with Crippen molar-refractivity contribution in [1.29, 1.82) is 0 Å². The van der Waals surface area contributed by atoms with Crippen molar-refractivity contribution in [2.24, 2.45) is 0 Å². The van der Waals surface area contributed by atoms with Crippen molar-refractivity contribution in [3.05, 3.63) is 75.8 Å². The lowest BCUT2D eigenvalue weighted by Crippen LogP contribution is -2.13. The Labute approximate surface area is 159 Å². The molecule has 0 bridgehead atoms. The van der Waals surface area contributed by atoms with E-state index in [1.807, 2.05) is 0 Å². The molecule has 1 heterocycles. The topological polar surface area (TPSA) is 46.9 Å². The van der Waals surface area contributed by atoms with Crippen LogP contribution in [0.1, 0.15) is 21.6 Å². The largest absolute Gasteiger partial charge is 0.416 e. The van der Waals surface area contributed by atoms with Gasteiger partial charge in [-0.1, -0.05) is 6.07 Å². The van der Waals surface area contributed by atoms with Gasteiger partial charge in [0.1, 0.15) is 5.82 Å². The predicted octanol–water partition coefficient (Wildman–Crippen LogP) is 5.35. The van der Waals surface area contributed by atoms with E-state index in [-0.39, 0.29) is 11.3 Å². The van der Waals surface area contributed by atoms with Crippen LogP contribution in [0, 0.1) is 12.7 Å².